The van der Waals surface area contributed by atoms with Crippen molar-refractivity contribution < 1.29 is 14.3 Å². The lowest BCUT2D eigenvalue weighted by Gasteiger charge is -2.31. The largest absolute Gasteiger partial charge is 0.466 e. The molecule has 0 saturated carbocycles. The second-order valence-corrected chi connectivity index (χ2v) is 7.00. The van der Waals surface area contributed by atoms with Crippen LogP contribution in [-0.2, 0) is 9.53 Å². The molecule has 1 saturated heterocycles. The number of aromatic nitrogens is 2. The summed E-state index contributed by atoms with van der Waals surface area (Å²) in [4.78, 5) is 31.2. The zero-order valence-electron chi connectivity index (χ0n) is 15.9. The van der Waals surface area contributed by atoms with Gasteiger partial charge in [0.05, 0.1) is 23.6 Å². The lowest BCUT2D eigenvalue weighted by atomic mass is 9.97. The summed E-state index contributed by atoms with van der Waals surface area (Å²) < 4.78 is 7.13. The van der Waals surface area contributed by atoms with Crippen LogP contribution in [0.4, 0.5) is 0 Å². The number of nitrogens with zero attached hydrogens (tertiary/aromatic N) is 3. The van der Waals surface area contributed by atoms with Crippen LogP contribution >= 0.6 is 0 Å². The summed E-state index contributed by atoms with van der Waals surface area (Å²) in [5.74, 6) is -0.513. The molecule has 6 nitrogen and oxygen atoms in total. The Kier molecular flexibility index (Phi) is 5.10. The molecule has 2 aromatic carbocycles. The molecular weight excluding hydrogens is 354 g/mol. The number of piperidine rings is 1. The van der Waals surface area contributed by atoms with E-state index in [1.54, 1.807) is 18.2 Å². The zero-order valence-corrected chi connectivity index (χ0v) is 15.9. The molecule has 0 bridgehead atoms. The van der Waals surface area contributed by atoms with E-state index in [9.17, 15) is 9.59 Å². The highest BCUT2D eigenvalue weighted by molar-refractivity contribution is 5.98. The molecule has 1 amide bonds. The van der Waals surface area contributed by atoms with Gasteiger partial charge < -0.3 is 9.64 Å². The van der Waals surface area contributed by atoms with Crippen LogP contribution in [0.2, 0.25) is 0 Å². The van der Waals surface area contributed by atoms with Gasteiger partial charge in [0.15, 0.2) is 0 Å². The number of fused-ring (bicyclic) bond motifs is 1. The van der Waals surface area contributed by atoms with Crippen LogP contribution in [0.25, 0.3) is 16.7 Å². The predicted octanol–water partition coefficient (Wildman–Crippen LogP) is 3.44. The fraction of sp³-hybridized carbons (Fsp3) is 0.318. The number of amides is 1. The van der Waals surface area contributed by atoms with Crippen molar-refractivity contribution in [2.45, 2.75) is 19.8 Å². The van der Waals surface area contributed by atoms with Gasteiger partial charge >= 0.3 is 5.97 Å². The van der Waals surface area contributed by atoms with E-state index in [0.717, 1.165) is 29.6 Å². The molecule has 1 aromatic heterocycles. The number of hydrogen-bond donors (Lipinski definition) is 0. The Morgan fingerprint density at radius 1 is 1.18 bits per heavy atom. The van der Waals surface area contributed by atoms with Crippen molar-refractivity contribution in [3.8, 4) is 5.69 Å². The standard InChI is InChI=1S/C22H23N3O3/c1-2-28-22(27)17-7-6-12-24(14-17)21(26)16-10-11-20-19(13-16)23-15-25(20)18-8-4-3-5-9-18/h3-5,8-11,13,15,17H,2,6-7,12,14H2,1H3. The molecule has 4 rings (SSSR count). The van der Waals surface area contributed by atoms with E-state index in [4.69, 9.17) is 4.74 Å². The number of esters is 1. The molecule has 1 atom stereocenters. The molecule has 1 unspecified atom stereocenters. The van der Waals surface area contributed by atoms with Gasteiger partial charge in [-0.25, -0.2) is 4.98 Å². The summed E-state index contributed by atoms with van der Waals surface area (Å²) in [7, 11) is 0. The molecule has 0 spiro atoms. The van der Waals surface area contributed by atoms with E-state index in [1.807, 2.05) is 53.1 Å². The molecule has 1 fully saturated rings. The minimum Gasteiger partial charge on any atom is -0.466 e. The van der Waals surface area contributed by atoms with Crippen LogP contribution in [0.15, 0.2) is 54.9 Å². The van der Waals surface area contributed by atoms with Gasteiger partial charge in [-0.05, 0) is 50.1 Å². The molecule has 0 aliphatic carbocycles. The Morgan fingerprint density at radius 2 is 2.00 bits per heavy atom. The lowest BCUT2D eigenvalue weighted by Crippen LogP contribution is -2.42. The van der Waals surface area contributed by atoms with Crippen molar-refractivity contribution in [1.29, 1.82) is 0 Å². The number of ether oxygens (including phenoxy) is 1. The highest BCUT2D eigenvalue weighted by Crippen LogP contribution is 2.23. The second-order valence-electron chi connectivity index (χ2n) is 7.00. The Bertz CT molecular complexity index is 997. The van der Waals surface area contributed by atoms with Crippen LogP contribution in [0, 0.1) is 5.92 Å². The maximum atomic E-state index is 13.0. The molecule has 28 heavy (non-hydrogen) atoms. The van der Waals surface area contributed by atoms with E-state index in [1.165, 1.54) is 0 Å². The van der Waals surface area contributed by atoms with E-state index in [2.05, 4.69) is 4.98 Å². The van der Waals surface area contributed by atoms with Crippen molar-refractivity contribution in [1.82, 2.24) is 14.5 Å². The molecule has 3 aromatic rings. The highest BCUT2D eigenvalue weighted by atomic mass is 16.5. The molecule has 0 radical (unpaired) electrons. The van der Waals surface area contributed by atoms with E-state index < -0.39 is 0 Å². The molecule has 6 heteroatoms. The molecule has 1 aliphatic rings. The van der Waals surface area contributed by atoms with Gasteiger partial charge in [-0.3, -0.25) is 14.2 Å². The van der Waals surface area contributed by atoms with Crippen LogP contribution in [0.1, 0.15) is 30.1 Å². The monoisotopic (exact) mass is 377 g/mol. The summed E-state index contributed by atoms with van der Waals surface area (Å²) in [5.41, 5.74) is 3.34. The normalized spacial score (nSPS) is 16.9. The van der Waals surface area contributed by atoms with Crippen LogP contribution in [0.3, 0.4) is 0 Å². The van der Waals surface area contributed by atoms with Crippen molar-refractivity contribution in [2.75, 3.05) is 19.7 Å². The third-order valence-corrected chi connectivity index (χ3v) is 5.16. The quantitative estimate of drug-likeness (QED) is 0.654. The van der Waals surface area contributed by atoms with Crippen molar-refractivity contribution in [2.24, 2.45) is 5.92 Å². The van der Waals surface area contributed by atoms with Crippen molar-refractivity contribution in [3.63, 3.8) is 0 Å². The number of likely N-dealkylation sites (tertiary alicyclic amines) is 1. The van der Waals surface area contributed by atoms with Gasteiger partial charge in [-0.2, -0.15) is 0 Å². The second kappa shape index (κ2) is 7.84. The van der Waals surface area contributed by atoms with Gasteiger partial charge in [-0.1, -0.05) is 18.2 Å². The first-order valence-electron chi connectivity index (χ1n) is 9.66. The lowest BCUT2D eigenvalue weighted by molar-refractivity contribution is -0.149. The molecule has 2 heterocycles. The van der Waals surface area contributed by atoms with E-state index in [0.29, 0.717) is 25.3 Å². The van der Waals surface area contributed by atoms with E-state index in [-0.39, 0.29) is 17.8 Å². The number of carbonyl (C=O) groups excluding carboxylic acids is 2. The number of hydrogen-bond acceptors (Lipinski definition) is 4. The maximum absolute atomic E-state index is 13.0. The average molecular weight is 377 g/mol. The van der Waals surface area contributed by atoms with Gasteiger partial charge in [0, 0.05) is 24.3 Å². The first-order chi connectivity index (χ1) is 13.7. The number of benzene rings is 2. The smallest absolute Gasteiger partial charge is 0.310 e. The van der Waals surface area contributed by atoms with Crippen LogP contribution in [-0.4, -0.2) is 46.0 Å². The molecule has 1 aliphatic heterocycles. The van der Waals surface area contributed by atoms with Crippen molar-refractivity contribution >= 4 is 22.9 Å². The van der Waals surface area contributed by atoms with Crippen molar-refractivity contribution in [3.05, 3.63) is 60.4 Å². The topological polar surface area (TPSA) is 64.4 Å². The third kappa shape index (κ3) is 3.50. The summed E-state index contributed by atoms with van der Waals surface area (Å²) in [6, 6.07) is 15.6. The first-order valence-corrected chi connectivity index (χ1v) is 9.66. The predicted molar refractivity (Wildman–Crippen MR) is 106 cm³/mol. The van der Waals surface area contributed by atoms with Crippen LogP contribution in [0.5, 0.6) is 0 Å². The van der Waals surface area contributed by atoms with Gasteiger partial charge in [0.1, 0.15) is 6.33 Å². The number of para-hydroxylation sites is 1. The summed E-state index contributed by atoms with van der Waals surface area (Å²) >= 11 is 0. The van der Waals surface area contributed by atoms with Crippen LogP contribution < -0.4 is 0 Å². The highest BCUT2D eigenvalue weighted by Gasteiger charge is 2.30. The SMILES string of the molecule is CCOC(=O)C1CCCN(C(=O)c2ccc3c(c2)ncn3-c2ccccc2)C1. The van der Waals surface area contributed by atoms with Gasteiger partial charge in [-0.15, -0.1) is 0 Å². The third-order valence-electron chi connectivity index (χ3n) is 5.16. The van der Waals surface area contributed by atoms with Gasteiger partial charge in [0.25, 0.3) is 5.91 Å². The Hall–Kier alpha value is -3.15. The zero-order chi connectivity index (χ0) is 19.5. The fourth-order valence-electron chi connectivity index (χ4n) is 3.74. The maximum Gasteiger partial charge on any atom is 0.310 e. The molecular formula is C22H23N3O3. The minimum absolute atomic E-state index is 0.0647. The number of imidazole rings is 1. The molecule has 144 valence electrons. The Morgan fingerprint density at radius 3 is 2.79 bits per heavy atom. The summed E-state index contributed by atoms with van der Waals surface area (Å²) in [5, 5.41) is 0. The summed E-state index contributed by atoms with van der Waals surface area (Å²) in [6.07, 6.45) is 3.34. The average Bonchev–Trinajstić information content (AvgIpc) is 3.17. The summed E-state index contributed by atoms with van der Waals surface area (Å²) in [6.45, 7) is 3.23. The van der Waals surface area contributed by atoms with Gasteiger partial charge in [0.2, 0.25) is 0 Å². The van der Waals surface area contributed by atoms with E-state index >= 15 is 0 Å². The Balaban J connectivity index is 1.56. The number of carbonyl (C=O) groups is 2. The Labute approximate surface area is 163 Å². The first kappa shape index (κ1) is 18.2. The minimum atomic E-state index is -0.237. The number of rotatable bonds is 4. The molecule has 0 N–H and O–H groups in total. The fourth-order valence-corrected chi connectivity index (χ4v) is 3.74.